The lowest BCUT2D eigenvalue weighted by molar-refractivity contribution is 0.586. The quantitative estimate of drug-likeness (QED) is 0.378. The predicted octanol–water partition coefficient (Wildman–Crippen LogP) is 3.10. The standard InChI is InChI=1S/C25H23N5O4S2/c1-26-14-19(27-2)23-22-20(15-35-23)28-25(32)30(24(22)31)17-9-5-10-18(13-17)36(33,34)29-12-6-8-16-7-3-4-11-21(16)29/h3-5,7,9-11,13-15,26H,2,6,8,12H2,1H3,(H,28,32)/b19-14-. The molecule has 1 aliphatic rings. The van der Waals surface area contributed by atoms with Crippen LogP contribution in [0.5, 0.6) is 0 Å². The van der Waals surface area contributed by atoms with Crippen LogP contribution in [0.15, 0.2) is 79.6 Å². The molecule has 36 heavy (non-hydrogen) atoms. The molecule has 2 aromatic heterocycles. The number of nitrogens with zero attached hydrogens (tertiary/aromatic N) is 3. The Balaban J connectivity index is 1.66. The van der Waals surface area contributed by atoms with Crippen molar-refractivity contribution in [3.8, 4) is 5.69 Å². The summed E-state index contributed by atoms with van der Waals surface area (Å²) in [5.74, 6) is 0. The van der Waals surface area contributed by atoms with Gasteiger partial charge < -0.3 is 10.3 Å². The van der Waals surface area contributed by atoms with E-state index in [9.17, 15) is 18.0 Å². The van der Waals surface area contributed by atoms with E-state index in [0.29, 0.717) is 34.7 Å². The van der Waals surface area contributed by atoms with E-state index in [1.165, 1.54) is 39.9 Å². The van der Waals surface area contributed by atoms with Crippen LogP contribution in [0, 0.1) is 0 Å². The first kappa shape index (κ1) is 23.8. The SMILES string of the molecule is C=N/C(=C\NC)c1scc2[nH]c(=O)n(-c3cccc(S(=O)(=O)N4CCCc5ccccc54)c3)c(=O)c12. The normalized spacial score (nSPS) is 14.0. The van der Waals surface area contributed by atoms with Crippen molar-refractivity contribution >= 4 is 50.4 Å². The Labute approximate surface area is 211 Å². The second kappa shape index (κ2) is 9.25. The second-order valence-electron chi connectivity index (χ2n) is 8.21. The molecule has 184 valence electrons. The summed E-state index contributed by atoms with van der Waals surface area (Å²) in [6, 6.07) is 13.3. The van der Waals surface area contributed by atoms with Gasteiger partial charge in [0.2, 0.25) is 0 Å². The number of H-pyrrole nitrogens is 1. The molecule has 0 amide bonds. The third-order valence-electron chi connectivity index (χ3n) is 6.07. The number of aromatic amines is 1. The maximum absolute atomic E-state index is 13.6. The zero-order valence-corrected chi connectivity index (χ0v) is 21.0. The first-order valence-electron chi connectivity index (χ1n) is 11.2. The third kappa shape index (κ3) is 3.86. The summed E-state index contributed by atoms with van der Waals surface area (Å²) in [6.07, 6.45) is 3.11. The van der Waals surface area contributed by atoms with Crippen LogP contribution in [0.1, 0.15) is 16.9 Å². The largest absolute Gasteiger partial charge is 0.392 e. The molecule has 11 heteroatoms. The van der Waals surface area contributed by atoms with Crippen LogP contribution in [0.25, 0.3) is 22.3 Å². The van der Waals surface area contributed by atoms with Crippen molar-refractivity contribution in [2.24, 2.45) is 4.99 Å². The van der Waals surface area contributed by atoms with Gasteiger partial charge in [0.25, 0.3) is 15.6 Å². The number of sulfonamides is 1. The van der Waals surface area contributed by atoms with Gasteiger partial charge in [-0.2, -0.15) is 0 Å². The van der Waals surface area contributed by atoms with Gasteiger partial charge in [-0.3, -0.25) is 14.1 Å². The lowest BCUT2D eigenvalue weighted by Gasteiger charge is -2.30. The zero-order chi connectivity index (χ0) is 25.4. The summed E-state index contributed by atoms with van der Waals surface area (Å²) in [5, 5.41) is 4.81. The van der Waals surface area contributed by atoms with Crippen molar-refractivity contribution < 1.29 is 8.42 Å². The second-order valence-corrected chi connectivity index (χ2v) is 10.9. The van der Waals surface area contributed by atoms with Crippen LogP contribution >= 0.6 is 11.3 Å². The molecule has 1 aliphatic heterocycles. The van der Waals surface area contributed by atoms with Gasteiger partial charge in [-0.25, -0.2) is 17.8 Å². The van der Waals surface area contributed by atoms with Crippen LogP contribution in [0.2, 0.25) is 0 Å². The van der Waals surface area contributed by atoms with Gasteiger partial charge in [0.15, 0.2) is 0 Å². The van der Waals surface area contributed by atoms with Gasteiger partial charge in [0.05, 0.1) is 37.7 Å². The molecule has 0 fully saturated rings. The molecule has 4 aromatic rings. The Morgan fingerprint density at radius 3 is 2.78 bits per heavy atom. The Bertz CT molecular complexity index is 1750. The highest BCUT2D eigenvalue weighted by Crippen LogP contribution is 2.32. The molecule has 9 nitrogen and oxygen atoms in total. The van der Waals surface area contributed by atoms with Gasteiger partial charge >= 0.3 is 5.69 Å². The minimum Gasteiger partial charge on any atom is -0.392 e. The first-order valence-corrected chi connectivity index (χ1v) is 13.5. The minimum absolute atomic E-state index is 0.00262. The third-order valence-corrected chi connectivity index (χ3v) is 8.88. The number of hydrogen-bond acceptors (Lipinski definition) is 7. The molecular weight excluding hydrogens is 498 g/mol. The minimum atomic E-state index is -3.93. The van der Waals surface area contributed by atoms with Crippen molar-refractivity contribution in [3.63, 3.8) is 0 Å². The summed E-state index contributed by atoms with van der Waals surface area (Å²) in [5.41, 5.74) is 1.35. The maximum atomic E-state index is 13.6. The van der Waals surface area contributed by atoms with Crippen LogP contribution in [0.4, 0.5) is 5.69 Å². The van der Waals surface area contributed by atoms with E-state index in [2.05, 4.69) is 22.0 Å². The van der Waals surface area contributed by atoms with Crippen molar-refractivity contribution in [3.05, 3.63) is 91.4 Å². The number of aryl methyl sites for hydroxylation is 1. The number of rotatable bonds is 6. The van der Waals surface area contributed by atoms with Crippen molar-refractivity contribution in [1.82, 2.24) is 14.9 Å². The molecule has 5 rings (SSSR count). The number of nitrogens with one attached hydrogen (secondary N) is 2. The van der Waals surface area contributed by atoms with Crippen LogP contribution < -0.4 is 20.9 Å². The smallest absolute Gasteiger partial charge is 0.333 e. The van der Waals surface area contributed by atoms with Crippen molar-refractivity contribution in [2.45, 2.75) is 17.7 Å². The molecular formula is C25H23N5O4S2. The molecule has 2 aromatic carbocycles. The number of aliphatic imine (C=N–C) groups is 1. The number of hydrogen-bond donors (Lipinski definition) is 2. The number of thiophene rings is 1. The monoisotopic (exact) mass is 521 g/mol. The molecule has 0 saturated heterocycles. The van der Waals surface area contributed by atoms with E-state index in [-0.39, 0.29) is 16.0 Å². The molecule has 0 aliphatic carbocycles. The summed E-state index contributed by atoms with van der Waals surface area (Å²) in [6.45, 7) is 3.92. The molecule has 0 bridgehead atoms. The highest BCUT2D eigenvalue weighted by molar-refractivity contribution is 7.92. The molecule has 0 radical (unpaired) electrons. The average molecular weight is 522 g/mol. The lowest BCUT2D eigenvalue weighted by atomic mass is 10.0. The molecule has 0 spiro atoms. The Morgan fingerprint density at radius 1 is 1.19 bits per heavy atom. The number of para-hydroxylation sites is 1. The van der Waals surface area contributed by atoms with E-state index in [4.69, 9.17) is 0 Å². The fraction of sp³-hybridized carbons (Fsp3) is 0.160. The van der Waals surface area contributed by atoms with E-state index in [1.54, 1.807) is 24.7 Å². The summed E-state index contributed by atoms with van der Waals surface area (Å²) in [7, 11) is -2.23. The highest BCUT2D eigenvalue weighted by Gasteiger charge is 2.29. The van der Waals surface area contributed by atoms with Crippen LogP contribution in [-0.2, 0) is 16.4 Å². The maximum Gasteiger partial charge on any atom is 0.333 e. The van der Waals surface area contributed by atoms with Crippen molar-refractivity contribution in [2.75, 3.05) is 17.9 Å². The van der Waals surface area contributed by atoms with Crippen LogP contribution in [0.3, 0.4) is 0 Å². The number of aromatic nitrogens is 2. The fourth-order valence-electron chi connectivity index (χ4n) is 4.44. The summed E-state index contributed by atoms with van der Waals surface area (Å²) < 4.78 is 29.6. The fourth-order valence-corrected chi connectivity index (χ4v) is 6.99. The van der Waals surface area contributed by atoms with Gasteiger partial charge in [-0.05, 0) is 49.4 Å². The van der Waals surface area contributed by atoms with Crippen molar-refractivity contribution in [1.29, 1.82) is 0 Å². The summed E-state index contributed by atoms with van der Waals surface area (Å²) in [4.78, 5) is 33.8. The Morgan fingerprint density at radius 2 is 2.00 bits per heavy atom. The first-order chi connectivity index (χ1) is 17.4. The molecule has 0 unspecified atom stereocenters. The highest BCUT2D eigenvalue weighted by atomic mass is 32.2. The predicted molar refractivity (Wildman–Crippen MR) is 144 cm³/mol. The number of benzene rings is 2. The van der Waals surface area contributed by atoms with Crippen LogP contribution in [-0.4, -0.2) is 38.3 Å². The molecule has 3 heterocycles. The molecule has 0 atom stereocenters. The Kier molecular flexibility index (Phi) is 6.10. The lowest BCUT2D eigenvalue weighted by Crippen LogP contribution is -2.36. The average Bonchev–Trinajstić information content (AvgIpc) is 3.31. The van der Waals surface area contributed by atoms with Gasteiger partial charge in [0.1, 0.15) is 0 Å². The van der Waals surface area contributed by atoms with E-state index in [0.717, 1.165) is 16.6 Å². The summed E-state index contributed by atoms with van der Waals surface area (Å²) >= 11 is 1.25. The number of fused-ring (bicyclic) bond motifs is 2. The van der Waals surface area contributed by atoms with E-state index < -0.39 is 21.3 Å². The molecule has 2 N–H and O–H groups in total. The Hall–Kier alpha value is -3.96. The molecule has 0 saturated carbocycles. The van der Waals surface area contributed by atoms with Gasteiger partial charge in [-0.1, -0.05) is 24.3 Å². The van der Waals surface area contributed by atoms with E-state index in [1.807, 2.05) is 18.2 Å². The van der Waals surface area contributed by atoms with E-state index >= 15 is 0 Å². The van der Waals surface area contributed by atoms with Gasteiger partial charge in [-0.15, -0.1) is 11.3 Å². The zero-order valence-electron chi connectivity index (χ0n) is 19.4. The topological polar surface area (TPSA) is 117 Å². The van der Waals surface area contributed by atoms with Gasteiger partial charge in [0, 0.05) is 25.2 Å². The number of anilines is 1.